The minimum atomic E-state index is -0.866. The van der Waals surface area contributed by atoms with Crippen molar-refractivity contribution in [3.05, 3.63) is 90.0 Å². The van der Waals surface area contributed by atoms with Crippen LogP contribution in [0.4, 0.5) is 5.69 Å². The molecule has 3 aromatic rings. The zero-order chi connectivity index (χ0) is 24.2. The van der Waals surface area contributed by atoms with Gasteiger partial charge in [-0.25, -0.2) is 5.43 Å². The summed E-state index contributed by atoms with van der Waals surface area (Å²) in [7, 11) is 1.55. The van der Waals surface area contributed by atoms with Crippen LogP contribution in [-0.4, -0.2) is 37.7 Å². The number of anilines is 1. The molecule has 0 bridgehead atoms. The molecule has 0 aliphatic carbocycles. The van der Waals surface area contributed by atoms with Crippen molar-refractivity contribution in [2.24, 2.45) is 5.10 Å². The molecule has 0 heterocycles. The van der Waals surface area contributed by atoms with Crippen LogP contribution < -0.4 is 25.5 Å². The Morgan fingerprint density at radius 2 is 1.65 bits per heavy atom. The number of amides is 3. The van der Waals surface area contributed by atoms with Crippen molar-refractivity contribution in [3.63, 3.8) is 0 Å². The third-order valence-electron chi connectivity index (χ3n) is 4.49. The number of carbonyl (C=O) groups excluding carboxylic acids is 3. The van der Waals surface area contributed by atoms with Gasteiger partial charge in [0.05, 0.1) is 13.3 Å². The summed E-state index contributed by atoms with van der Waals surface area (Å²) in [6.07, 6.45) is 1.39. The Bertz CT molecular complexity index is 1150. The van der Waals surface area contributed by atoms with Crippen LogP contribution in [0.25, 0.3) is 0 Å². The first-order valence-corrected chi connectivity index (χ1v) is 10.4. The second-order valence-corrected chi connectivity index (χ2v) is 7.01. The van der Waals surface area contributed by atoms with Crippen molar-refractivity contribution in [2.45, 2.75) is 6.54 Å². The van der Waals surface area contributed by atoms with Crippen LogP contribution >= 0.6 is 0 Å². The van der Waals surface area contributed by atoms with Crippen LogP contribution in [0.3, 0.4) is 0 Å². The molecule has 0 aliphatic rings. The van der Waals surface area contributed by atoms with Gasteiger partial charge in [-0.05, 0) is 47.5 Å². The Kier molecular flexibility index (Phi) is 8.75. The Morgan fingerprint density at radius 3 is 2.38 bits per heavy atom. The second kappa shape index (κ2) is 12.4. The number of nitrogens with one attached hydrogen (secondary N) is 3. The van der Waals surface area contributed by atoms with E-state index in [2.05, 4.69) is 21.2 Å². The van der Waals surface area contributed by atoms with Crippen molar-refractivity contribution < 1.29 is 23.9 Å². The molecule has 0 unspecified atom stereocenters. The number of ether oxygens (including phenoxy) is 2. The molecule has 3 N–H and O–H groups in total. The van der Waals surface area contributed by atoms with Gasteiger partial charge in [0.1, 0.15) is 11.5 Å². The lowest BCUT2D eigenvalue weighted by atomic mass is 10.2. The molecule has 9 heteroatoms. The first kappa shape index (κ1) is 24.0. The molecule has 3 amide bonds. The largest absolute Gasteiger partial charge is 0.497 e. The van der Waals surface area contributed by atoms with E-state index in [1.54, 1.807) is 55.6 Å². The summed E-state index contributed by atoms with van der Waals surface area (Å²) in [5.41, 5.74) is 4.33. The first-order chi connectivity index (χ1) is 16.5. The van der Waals surface area contributed by atoms with Crippen LogP contribution in [0.1, 0.15) is 11.1 Å². The maximum Gasteiger partial charge on any atom is 0.329 e. The van der Waals surface area contributed by atoms with Crippen LogP contribution in [0, 0.1) is 0 Å². The summed E-state index contributed by atoms with van der Waals surface area (Å²) in [4.78, 5) is 35.7. The molecular formula is C25H24N4O5. The molecule has 9 nitrogen and oxygen atoms in total. The fourth-order valence-electron chi connectivity index (χ4n) is 2.77. The van der Waals surface area contributed by atoms with Crippen molar-refractivity contribution in [1.82, 2.24) is 10.7 Å². The summed E-state index contributed by atoms with van der Waals surface area (Å²) >= 11 is 0. The van der Waals surface area contributed by atoms with Gasteiger partial charge in [0.15, 0.2) is 6.61 Å². The van der Waals surface area contributed by atoms with Crippen molar-refractivity contribution in [1.29, 1.82) is 0 Å². The third-order valence-corrected chi connectivity index (χ3v) is 4.49. The molecule has 0 aliphatic heterocycles. The van der Waals surface area contributed by atoms with Gasteiger partial charge in [0.2, 0.25) is 0 Å². The Labute approximate surface area is 196 Å². The molecule has 0 aromatic heterocycles. The van der Waals surface area contributed by atoms with Gasteiger partial charge >= 0.3 is 11.8 Å². The number of carbonyl (C=O) groups is 3. The second-order valence-electron chi connectivity index (χ2n) is 7.01. The minimum Gasteiger partial charge on any atom is -0.497 e. The molecule has 0 atom stereocenters. The Hall–Kier alpha value is -4.66. The highest BCUT2D eigenvalue weighted by molar-refractivity contribution is 6.35. The zero-order valence-electron chi connectivity index (χ0n) is 18.5. The van der Waals surface area contributed by atoms with E-state index in [9.17, 15) is 14.4 Å². The molecule has 174 valence electrons. The third kappa shape index (κ3) is 7.79. The quantitative estimate of drug-likeness (QED) is 0.258. The van der Waals surface area contributed by atoms with Crippen LogP contribution in [0.5, 0.6) is 11.5 Å². The van der Waals surface area contributed by atoms with Gasteiger partial charge in [0.25, 0.3) is 5.91 Å². The molecule has 3 aromatic carbocycles. The molecule has 3 rings (SSSR count). The number of hydrogen-bond donors (Lipinski definition) is 3. The molecule has 0 radical (unpaired) electrons. The van der Waals surface area contributed by atoms with E-state index in [1.165, 1.54) is 6.21 Å². The van der Waals surface area contributed by atoms with Crippen molar-refractivity contribution in [3.8, 4) is 11.5 Å². The standard InChI is InChI=1S/C25H24N4O5/c1-33-22-9-5-8-20(14-22)28-23(30)17-34-21-12-10-19(11-13-21)16-27-29-25(32)24(31)26-15-18-6-3-2-4-7-18/h2-14,16H,15,17H2,1H3,(H,26,31)(H,28,30)(H,29,32)/b27-16-. The highest BCUT2D eigenvalue weighted by Crippen LogP contribution is 2.17. The Morgan fingerprint density at radius 1 is 0.882 bits per heavy atom. The van der Waals surface area contributed by atoms with Gasteiger partial charge in [-0.2, -0.15) is 5.10 Å². The van der Waals surface area contributed by atoms with E-state index < -0.39 is 11.8 Å². The van der Waals surface area contributed by atoms with Gasteiger partial charge in [-0.3, -0.25) is 14.4 Å². The van der Waals surface area contributed by atoms with Crippen LogP contribution in [-0.2, 0) is 20.9 Å². The van der Waals surface area contributed by atoms with Crippen LogP contribution in [0.15, 0.2) is 84.0 Å². The number of hydrogen-bond acceptors (Lipinski definition) is 6. The zero-order valence-corrected chi connectivity index (χ0v) is 18.5. The fraction of sp³-hybridized carbons (Fsp3) is 0.120. The smallest absolute Gasteiger partial charge is 0.329 e. The number of benzene rings is 3. The summed E-state index contributed by atoms with van der Waals surface area (Å²) in [5, 5.41) is 9.03. The first-order valence-electron chi connectivity index (χ1n) is 10.4. The lowest BCUT2D eigenvalue weighted by molar-refractivity contribution is -0.139. The van der Waals surface area contributed by atoms with E-state index in [1.807, 2.05) is 30.3 Å². The predicted molar refractivity (Wildman–Crippen MR) is 128 cm³/mol. The number of hydrazone groups is 1. The highest BCUT2D eigenvalue weighted by Gasteiger charge is 2.11. The number of nitrogens with zero attached hydrogens (tertiary/aromatic N) is 1. The lowest BCUT2D eigenvalue weighted by Crippen LogP contribution is -2.37. The summed E-state index contributed by atoms with van der Waals surface area (Å²) in [6, 6.07) is 23.0. The summed E-state index contributed by atoms with van der Waals surface area (Å²) < 4.78 is 10.6. The van der Waals surface area contributed by atoms with E-state index in [0.29, 0.717) is 22.7 Å². The minimum absolute atomic E-state index is 0.168. The topological polar surface area (TPSA) is 118 Å². The van der Waals surface area contributed by atoms with E-state index in [4.69, 9.17) is 9.47 Å². The SMILES string of the molecule is COc1cccc(NC(=O)COc2ccc(/C=N\NC(=O)C(=O)NCc3ccccc3)cc2)c1. The van der Waals surface area contributed by atoms with Gasteiger partial charge in [-0.15, -0.1) is 0 Å². The van der Waals surface area contributed by atoms with Crippen molar-refractivity contribution in [2.75, 3.05) is 19.0 Å². The average molecular weight is 460 g/mol. The van der Waals surface area contributed by atoms with Gasteiger partial charge in [-0.1, -0.05) is 36.4 Å². The summed E-state index contributed by atoms with van der Waals surface area (Å²) in [6.45, 7) is 0.0780. The summed E-state index contributed by atoms with van der Waals surface area (Å²) in [5.74, 6) is -0.833. The average Bonchev–Trinajstić information content (AvgIpc) is 2.87. The monoisotopic (exact) mass is 460 g/mol. The van der Waals surface area contributed by atoms with E-state index in [0.717, 1.165) is 5.56 Å². The number of rotatable bonds is 9. The maximum atomic E-state index is 12.1. The molecule has 0 saturated heterocycles. The fourth-order valence-corrected chi connectivity index (χ4v) is 2.77. The molecule has 34 heavy (non-hydrogen) atoms. The maximum absolute atomic E-state index is 12.1. The molecular weight excluding hydrogens is 436 g/mol. The van der Waals surface area contributed by atoms with Gasteiger partial charge in [0, 0.05) is 18.3 Å². The Balaban J connectivity index is 1.40. The van der Waals surface area contributed by atoms with E-state index in [-0.39, 0.29) is 19.1 Å². The lowest BCUT2D eigenvalue weighted by Gasteiger charge is -2.08. The van der Waals surface area contributed by atoms with Crippen LogP contribution in [0.2, 0.25) is 0 Å². The molecule has 0 saturated carbocycles. The number of methoxy groups -OCH3 is 1. The molecule has 0 spiro atoms. The van der Waals surface area contributed by atoms with Gasteiger partial charge < -0.3 is 20.1 Å². The van der Waals surface area contributed by atoms with Crippen molar-refractivity contribution >= 4 is 29.6 Å². The highest BCUT2D eigenvalue weighted by atomic mass is 16.5. The predicted octanol–water partition coefficient (Wildman–Crippen LogP) is 2.48. The molecule has 0 fully saturated rings. The van der Waals surface area contributed by atoms with E-state index >= 15 is 0 Å². The normalized spacial score (nSPS) is 10.4.